The van der Waals surface area contributed by atoms with Crippen LogP contribution >= 0.6 is 0 Å². The number of hydrogen-bond donors (Lipinski definition) is 2. The normalized spacial score (nSPS) is 19.0. The van der Waals surface area contributed by atoms with Crippen LogP contribution in [0.4, 0.5) is 0 Å². The molecule has 116 valence electrons. The number of hydrogen-bond acceptors (Lipinski definition) is 4. The van der Waals surface area contributed by atoms with Gasteiger partial charge in [0.1, 0.15) is 0 Å². The maximum absolute atomic E-state index is 11.2. The molecule has 0 bridgehead atoms. The van der Waals surface area contributed by atoms with Crippen molar-refractivity contribution in [3.05, 3.63) is 35.4 Å². The topological polar surface area (TPSA) is 75.8 Å². The minimum atomic E-state index is -0.370. The van der Waals surface area contributed by atoms with Gasteiger partial charge in [-0.3, -0.25) is 4.79 Å². The van der Waals surface area contributed by atoms with Crippen LogP contribution in [0.3, 0.4) is 0 Å². The van der Waals surface area contributed by atoms with Crippen molar-refractivity contribution < 1.29 is 14.6 Å². The smallest absolute Gasteiger partial charge is 0.248 e. The van der Waals surface area contributed by atoms with Crippen molar-refractivity contribution in [3.63, 3.8) is 0 Å². The van der Waals surface area contributed by atoms with Crippen molar-refractivity contribution in [1.82, 2.24) is 4.90 Å². The molecule has 5 nitrogen and oxygen atoms in total. The van der Waals surface area contributed by atoms with E-state index in [2.05, 4.69) is 11.0 Å². The van der Waals surface area contributed by atoms with Crippen molar-refractivity contribution in [1.29, 1.82) is 0 Å². The van der Waals surface area contributed by atoms with E-state index in [1.807, 2.05) is 12.1 Å². The SMILES string of the molecule is NC(=O)c1cccc(C[C@@H]2CCN(CCOCCO)C2)c1. The van der Waals surface area contributed by atoms with Gasteiger partial charge < -0.3 is 20.5 Å². The fourth-order valence-electron chi connectivity index (χ4n) is 2.83. The third-order valence-electron chi connectivity index (χ3n) is 3.89. The van der Waals surface area contributed by atoms with Crippen LogP contribution in [0.1, 0.15) is 22.3 Å². The number of benzene rings is 1. The average Bonchev–Trinajstić information content (AvgIpc) is 2.91. The monoisotopic (exact) mass is 292 g/mol. The molecule has 5 heteroatoms. The Hall–Kier alpha value is -1.43. The number of amides is 1. The molecule has 0 aromatic heterocycles. The van der Waals surface area contributed by atoms with E-state index in [0.717, 1.165) is 26.1 Å². The molecule has 1 amide bonds. The molecule has 0 aliphatic carbocycles. The molecule has 21 heavy (non-hydrogen) atoms. The zero-order chi connectivity index (χ0) is 15.1. The minimum absolute atomic E-state index is 0.0822. The van der Waals surface area contributed by atoms with E-state index in [1.165, 1.54) is 12.0 Å². The summed E-state index contributed by atoms with van der Waals surface area (Å²) in [6.45, 7) is 4.23. The Morgan fingerprint density at radius 1 is 1.43 bits per heavy atom. The minimum Gasteiger partial charge on any atom is -0.394 e. The van der Waals surface area contributed by atoms with Gasteiger partial charge in [0.15, 0.2) is 0 Å². The molecule has 1 aromatic rings. The van der Waals surface area contributed by atoms with Crippen LogP contribution in [0.5, 0.6) is 0 Å². The Morgan fingerprint density at radius 3 is 3.05 bits per heavy atom. The second-order valence-electron chi connectivity index (χ2n) is 5.56. The van der Waals surface area contributed by atoms with Gasteiger partial charge in [0.2, 0.25) is 5.91 Å². The molecule has 1 aliphatic rings. The van der Waals surface area contributed by atoms with E-state index in [-0.39, 0.29) is 12.5 Å². The predicted molar refractivity (Wildman–Crippen MR) is 81.1 cm³/mol. The van der Waals surface area contributed by atoms with E-state index >= 15 is 0 Å². The number of nitrogens with zero attached hydrogens (tertiary/aromatic N) is 1. The molecule has 0 radical (unpaired) electrons. The zero-order valence-electron chi connectivity index (χ0n) is 12.3. The average molecular weight is 292 g/mol. The Balaban J connectivity index is 1.77. The largest absolute Gasteiger partial charge is 0.394 e. The number of carbonyl (C=O) groups is 1. The van der Waals surface area contributed by atoms with E-state index in [9.17, 15) is 4.79 Å². The molecule has 0 unspecified atom stereocenters. The first-order valence-electron chi connectivity index (χ1n) is 7.48. The zero-order valence-corrected chi connectivity index (χ0v) is 12.3. The van der Waals surface area contributed by atoms with Crippen LogP contribution in [-0.2, 0) is 11.2 Å². The van der Waals surface area contributed by atoms with Gasteiger partial charge in [-0.1, -0.05) is 12.1 Å². The number of rotatable bonds is 8. The third-order valence-corrected chi connectivity index (χ3v) is 3.89. The fourth-order valence-corrected chi connectivity index (χ4v) is 2.83. The number of nitrogens with two attached hydrogens (primary N) is 1. The molecule has 1 saturated heterocycles. The highest BCUT2D eigenvalue weighted by atomic mass is 16.5. The highest BCUT2D eigenvalue weighted by Gasteiger charge is 2.22. The van der Waals surface area contributed by atoms with Crippen LogP contribution in [-0.4, -0.2) is 55.4 Å². The van der Waals surface area contributed by atoms with E-state index in [0.29, 0.717) is 24.7 Å². The maximum Gasteiger partial charge on any atom is 0.248 e. The predicted octanol–water partition coefficient (Wildman–Crippen LogP) is 0.659. The number of aliphatic hydroxyl groups excluding tert-OH is 1. The summed E-state index contributed by atoms with van der Waals surface area (Å²) < 4.78 is 5.30. The highest BCUT2D eigenvalue weighted by Crippen LogP contribution is 2.21. The van der Waals surface area contributed by atoms with Crippen molar-refractivity contribution in [3.8, 4) is 0 Å². The van der Waals surface area contributed by atoms with Gasteiger partial charge in [-0.05, 0) is 43.0 Å². The van der Waals surface area contributed by atoms with Crippen LogP contribution in [0, 0.1) is 5.92 Å². The maximum atomic E-state index is 11.2. The lowest BCUT2D eigenvalue weighted by atomic mass is 9.97. The van der Waals surface area contributed by atoms with E-state index in [1.54, 1.807) is 6.07 Å². The summed E-state index contributed by atoms with van der Waals surface area (Å²) in [5.74, 6) is 0.247. The lowest BCUT2D eigenvalue weighted by Crippen LogP contribution is -2.26. The molecule has 1 fully saturated rings. The van der Waals surface area contributed by atoms with Crippen LogP contribution in [0.25, 0.3) is 0 Å². The summed E-state index contributed by atoms with van der Waals surface area (Å²) >= 11 is 0. The van der Waals surface area contributed by atoms with Gasteiger partial charge in [-0.2, -0.15) is 0 Å². The quantitative estimate of drug-likeness (QED) is 0.690. The molecule has 2 rings (SSSR count). The molecular weight excluding hydrogens is 268 g/mol. The number of aliphatic hydroxyl groups is 1. The van der Waals surface area contributed by atoms with Gasteiger partial charge in [0, 0.05) is 18.7 Å². The van der Waals surface area contributed by atoms with Gasteiger partial charge in [-0.25, -0.2) is 0 Å². The summed E-state index contributed by atoms with van der Waals surface area (Å²) in [5.41, 5.74) is 7.07. The second-order valence-corrected chi connectivity index (χ2v) is 5.56. The van der Waals surface area contributed by atoms with Gasteiger partial charge >= 0.3 is 0 Å². The summed E-state index contributed by atoms with van der Waals surface area (Å²) in [6, 6.07) is 7.60. The summed E-state index contributed by atoms with van der Waals surface area (Å²) in [5, 5.41) is 8.65. The first kappa shape index (κ1) is 15.9. The Bertz CT molecular complexity index is 465. The summed E-state index contributed by atoms with van der Waals surface area (Å²) in [7, 11) is 0. The van der Waals surface area contributed by atoms with E-state index in [4.69, 9.17) is 15.6 Å². The fraction of sp³-hybridized carbons (Fsp3) is 0.562. The Labute approximate surface area is 125 Å². The van der Waals surface area contributed by atoms with Crippen molar-refractivity contribution >= 4 is 5.91 Å². The van der Waals surface area contributed by atoms with Crippen molar-refractivity contribution in [2.45, 2.75) is 12.8 Å². The second kappa shape index (κ2) is 8.12. The Morgan fingerprint density at radius 2 is 2.29 bits per heavy atom. The molecule has 1 heterocycles. The molecule has 1 aromatic carbocycles. The molecule has 0 saturated carbocycles. The van der Waals surface area contributed by atoms with Crippen molar-refractivity contribution in [2.75, 3.05) is 39.5 Å². The lowest BCUT2D eigenvalue weighted by molar-refractivity contribution is 0.0775. The molecule has 0 spiro atoms. The van der Waals surface area contributed by atoms with Gasteiger partial charge in [0.25, 0.3) is 0 Å². The number of likely N-dealkylation sites (tertiary alicyclic amines) is 1. The third kappa shape index (κ3) is 5.12. The molecule has 3 N–H and O–H groups in total. The number of carbonyl (C=O) groups excluding carboxylic acids is 1. The summed E-state index contributed by atoms with van der Waals surface area (Å²) in [6.07, 6.45) is 2.15. The number of primary amides is 1. The first-order chi connectivity index (χ1) is 10.2. The highest BCUT2D eigenvalue weighted by molar-refractivity contribution is 5.92. The Kier molecular flexibility index (Phi) is 6.17. The van der Waals surface area contributed by atoms with E-state index < -0.39 is 0 Å². The van der Waals surface area contributed by atoms with Crippen LogP contribution in [0.2, 0.25) is 0 Å². The standard InChI is InChI=1S/C16H24N2O3/c17-16(20)15-3-1-2-13(11-15)10-14-4-5-18(12-14)6-8-21-9-7-19/h1-3,11,14,19H,4-10,12H2,(H2,17,20)/t14-/m0/s1. The summed E-state index contributed by atoms with van der Waals surface area (Å²) in [4.78, 5) is 13.6. The van der Waals surface area contributed by atoms with Gasteiger partial charge in [-0.15, -0.1) is 0 Å². The molecular formula is C16H24N2O3. The first-order valence-corrected chi connectivity index (χ1v) is 7.48. The molecule has 1 atom stereocenters. The number of ether oxygens (including phenoxy) is 1. The molecule has 1 aliphatic heterocycles. The van der Waals surface area contributed by atoms with Gasteiger partial charge in [0.05, 0.1) is 19.8 Å². The lowest BCUT2D eigenvalue weighted by Gasteiger charge is -2.16. The van der Waals surface area contributed by atoms with Crippen LogP contribution < -0.4 is 5.73 Å². The van der Waals surface area contributed by atoms with Crippen molar-refractivity contribution in [2.24, 2.45) is 11.7 Å². The van der Waals surface area contributed by atoms with Crippen LogP contribution in [0.15, 0.2) is 24.3 Å².